The number of carbonyl (C=O) groups is 1. The maximum absolute atomic E-state index is 12.8. The molecule has 0 spiro atoms. The summed E-state index contributed by atoms with van der Waals surface area (Å²) in [4.78, 5) is 10.6. The lowest BCUT2D eigenvalue weighted by molar-refractivity contribution is -0.139. The minimum atomic E-state index is -4.52. The Morgan fingerprint density at radius 1 is 1.29 bits per heavy atom. The lowest BCUT2D eigenvalue weighted by Crippen LogP contribution is -2.24. The maximum Gasteiger partial charge on any atom is 0.416 e. The largest absolute Gasteiger partial charge is 0.481 e. The van der Waals surface area contributed by atoms with Crippen LogP contribution in [0.15, 0.2) is 47.6 Å². The summed E-state index contributed by atoms with van der Waals surface area (Å²) in [5, 5.41) is 15.0. The van der Waals surface area contributed by atoms with Gasteiger partial charge in [-0.25, -0.2) is 4.79 Å². The van der Waals surface area contributed by atoms with E-state index in [-0.39, 0.29) is 21.6 Å². The molecule has 0 aromatic heterocycles. The SMILES string of the molecule is O=C(O)COc1ccccc1C=NNC(=S)Nc1cc(C(F)(F)F)ccc1Cl. The molecule has 0 bridgehead atoms. The van der Waals surface area contributed by atoms with E-state index in [4.69, 9.17) is 33.7 Å². The zero-order valence-corrected chi connectivity index (χ0v) is 15.5. The Morgan fingerprint density at radius 2 is 2.00 bits per heavy atom. The van der Waals surface area contributed by atoms with Gasteiger partial charge in [-0.3, -0.25) is 5.43 Å². The Labute approximate surface area is 168 Å². The fraction of sp³-hybridized carbons (Fsp3) is 0.118. The predicted octanol–water partition coefficient (Wildman–Crippen LogP) is 4.14. The van der Waals surface area contributed by atoms with Crippen molar-refractivity contribution in [1.82, 2.24) is 5.43 Å². The first kappa shape index (κ1) is 21.5. The summed E-state index contributed by atoms with van der Waals surface area (Å²) in [6, 6.07) is 9.32. The number of hydrogen-bond donors (Lipinski definition) is 3. The lowest BCUT2D eigenvalue weighted by atomic mass is 10.2. The van der Waals surface area contributed by atoms with Gasteiger partial charge in [0.25, 0.3) is 0 Å². The van der Waals surface area contributed by atoms with Gasteiger partial charge in [-0.1, -0.05) is 23.7 Å². The number of anilines is 1. The van der Waals surface area contributed by atoms with Crippen molar-refractivity contribution in [2.24, 2.45) is 5.10 Å². The number of hydrazone groups is 1. The monoisotopic (exact) mass is 431 g/mol. The van der Waals surface area contributed by atoms with Crippen LogP contribution in [-0.2, 0) is 11.0 Å². The quantitative estimate of drug-likeness (QED) is 0.362. The Balaban J connectivity index is 2.03. The topological polar surface area (TPSA) is 83.0 Å². The molecule has 0 aliphatic rings. The zero-order valence-electron chi connectivity index (χ0n) is 14.0. The summed E-state index contributed by atoms with van der Waals surface area (Å²) in [7, 11) is 0. The number of para-hydroxylation sites is 1. The van der Waals surface area contributed by atoms with E-state index in [0.717, 1.165) is 18.2 Å². The van der Waals surface area contributed by atoms with Crippen molar-refractivity contribution in [3.8, 4) is 5.75 Å². The zero-order chi connectivity index (χ0) is 20.7. The molecular weight excluding hydrogens is 419 g/mol. The van der Waals surface area contributed by atoms with Gasteiger partial charge >= 0.3 is 12.1 Å². The second-order valence-electron chi connectivity index (χ2n) is 5.24. The fourth-order valence-electron chi connectivity index (χ4n) is 1.97. The summed E-state index contributed by atoms with van der Waals surface area (Å²) in [5.74, 6) is -0.844. The average Bonchev–Trinajstić information content (AvgIpc) is 2.61. The van der Waals surface area contributed by atoms with E-state index in [1.165, 1.54) is 6.21 Å². The normalized spacial score (nSPS) is 11.3. The smallest absolute Gasteiger partial charge is 0.416 e. The van der Waals surface area contributed by atoms with E-state index in [2.05, 4.69) is 15.8 Å². The number of alkyl halides is 3. The summed E-state index contributed by atoms with van der Waals surface area (Å²) >= 11 is 10.9. The van der Waals surface area contributed by atoms with Crippen LogP contribution >= 0.6 is 23.8 Å². The molecule has 28 heavy (non-hydrogen) atoms. The third-order valence-corrected chi connectivity index (χ3v) is 3.70. The Bertz CT molecular complexity index is 907. The Kier molecular flexibility index (Phi) is 7.18. The van der Waals surface area contributed by atoms with Crippen molar-refractivity contribution in [1.29, 1.82) is 0 Å². The van der Waals surface area contributed by atoms with Crippen molar-refractivity contribution in [2.45, 2.75) is 6.18 Å². The molecule has 0 fully saturated rings. The molecule has 0 saturated heterocycles. The number of nitrogens with zero attached hydrogens (tertiary/aromatic N) is 1. The standard InChI is InChI=1S/C17H13ClF3N3O3S/c18-12-6-5-11(17(19,20)21)7-13(12)23-16(28)24-22-8-10-3-1-2-4-14(10)27-9-15(25)26/h1-8H,9H2,(H,25,26)(H2,23,24,28). The molecule has 0 radical (unpaired) electrons. The molecule has 0 aliphatic heterocycles. The van der Waals surface area contributed by atoms with Gasteiger partial charge < -0.3 is 15.2 Å². The number of halogens is 4. The fourth-order valence-corrected chi connectivity index (χ4v) is 2.29. The number of nitrogens with one attached hydrogen (secondary N) is 2. The molecule has 0 heterocycles. The van der Waals surface area contributed by atoms with Crippen LogP contribution in [0.4, 0.5) is 18.9 Å². The summed E-state index contributed by atoms with van der Waals surface area (Å²) in [6.07, 6.45) is -3.20. The van der Waals surface area contributed by atoms with Crippen molar-refractivity contribution in [3.63, 3.8) is 0 Å². The summed E-state index contributed by atoms with van der Waals surface area (Å²) in [6.45, 7) is -0.522. The highest BCUT2D eigenvalue weighted by molar-refractivity contribution is 7.80. The van der Waals surface area contributed by atoms with Crippen LogP contribution < -0.4 is 15.5 Å². The van der Waals surface area contributed by atoms with Gasteiger partial charge in [-0.15, -0.1) is 0 Å². The molecule has 148 valence electrons. The second-order valence-corrected chi connectivity index (χ2v) is 6.05. The van der Waals surface area contributed by atoms with Crippen molar-refractivity contribution < 1.29 is 27.8 Å². The van der Waals surface area contributed by atoms with Crippen LogP contribution in [-0.4, -0.2) is 29.0 Å². The van der Waals surface area contributed by atoms with Gasteiger partial charge in [0.1, 0.15) is 5.75 Å². The molecule has 11 heteroatoms. The van der Waals surface area contributed by atoms with E-state index in [0.29, 0.717) is 5.56 Å². The molecule has 2 rings (SSSR count). The number of hydrogen-bond acceptors (Lipinski definition) is 4. The van der Waals surface area contributed by atoms with Gasteiger partial charge in [0, 0.05) is 5.56 Å². The second kappa shape index (κ2) is 9.38. The van der Waals surface area contributed by atoms with Gasteiger partial charge in [0.05, 0.1) is 22.5 Å². The van der Waals surface area contributed by atoms with Crippen LogP contribution in [0.3, 0.4) is 0 Å². The first-order valence-electron chi connectivity index (χ1n) is 7.57. The van der Waals surface area contributed by atoms with E-state index < -0.39 is 24.3 Å². The van der Waals surface area contributed by atoms with Crippen LogP contribution in [0.1, 0.15) is 11.1 Å². The van der Waals surface area contributed by atoms with Crippen LogP contribution in [0, 0.1) is 0 Å². The maximum atomic E-state index is 12.8. The Morgan fingerprint density at radius 3 is 2.68 bits per heavy atom. The number of carboxylic acid groups (broad SMARTS) is 1. The highest BCUT2D eigenvalue weighted by Crippen LogP contribution is 2.33. The Hall–Kier alpha value is -2.85. The molecule has 0 atom stereocenters. The molecule has 0 aliphatic carbocycles. The summed E-state index contributed by atoms with van der Waals surface area (Å²) in [5.41, 5.74) is 1.99. The van der Waals surface area contributed by atoms with Crippen LogP contribution in [0.5, 0.6) is 5.75 Å². The van der Waals surface area contributed by atoms with Gasteiger partial charge in [-0.2, -0.15) is 18.3 Å². The summed E-state index contributed by atoms with van der Waals surface area (Å²) < 4.78 is 43.5. The highest BCUT2D eigenvalue weighted by Gasteiger charge is 2.31. The molecule has 2 aromatic carbocycles. The number of rotatable bonds is 6. The molecule has 2 aromatic rings. The number of benzene rings is 2. The molecular formula is C17H13ClF3N3O3S. The third kappa shape index (κ3) is 6.39. The predicted molar refractivity (Wildman–Crippen MR) is 103 cm³/mol. The third-order valence-electron chi connectivity index (χ3n) is 3.18. The van der Waals surface area contributed by atoms with E-state index in [1.54, 1.807) is 24.3 Å². The molecule has 3 N–H and O–H groups in total. The van der Waals surface area contributed by atoms with Crippen molar-refractivity contribution in [3.05, 3.63) is 58.6 Å². The number of ether oxygens (including phenoxy) is 1. The first-order valence-corrected chi connectivity index (χ1v) is 8.36. The number of carboxylic acids is 1. The van der Waals surface area contributed by atoms with Gasteiger partial charge in [-0.05, 0) is 42.5 Å². The van der Waals surface area contributed by atoms with Gasteiger partial charge in [0.2, 0.25) is 0 Å². The highest BCUT2D eigenvalue weighted by atomic mass is 35.5. The number of aliphatic carboxylic acids is 1. The molecule has 0 amide bonds. The van der Waals surface area contributed by atoms with Crippen LogP contribution in [0.2, 0.25) is 5.02 Å². The molecule has 6 nitrogen and oxygen atoms in total. The van der Waals surface area contributed by atoms with E-state index >= 15 is 0 Å². The minimum absolute atomic E-state index is 0.0330. The lowest BCUT2D eigenvalue weighted by Gasteiger charge is -2.12. The molecule has 0 unspecified atom stereocenters. The van der Waals surface area contributed by atoms with Crippen molar-refractivity contribution >= 4 is 46.8 Å². The first-order chi connectivity index (χ1) is 13.2. The van der Waals surface area contributed by atoms with E-state index in [1.807, 2.05) is 0 Å². The van der Waals surface area contributed by atoms with Crippen LogP contribution in [0.25, 0.3) is 0 Å². The number of thiocarbonyl (C=S) groups is 1. The molecule has 0 saturated carbocycles. The van der Waals surface area contributed by atoms with Gasteiger partial charge in [0.15, 0.2) is 11.7 Å². The average molecular weight is 432 g/mol. The van der Waals surface area contributed by atoms with E-state index in [9.17, 15) is 18.0 Å². The van der Waals surface area contributed by atoms with Crippen molar-refractivity contribution in [2.75, 3.05) is 11.9 Å². The minimum Gasteiger partial charge on any atom is -0.481 e.